The molecule has 0 aliphatic rings. The molecule has 0 saturated carbocycles. The minimum atomic E-state index is -0.995. The molecule has 0 amide bonds. The van der Waals surface area contributed by atoms with Gasteiger partial charge in [0.25, 0.3) is 0 Å². The maximum atomic E-state index is 12.4. The molecule has 0 fully saturated rings. The number of hydrogen-bond acceptors (Lipinski definition) is 3. The zero-order valence-corrected chi connectivity index (χ0v) is 13.7. The van der Waals surface area contributed by atoms with Gasteiger partial charge < -0.3 is 8.97 Å². The van der Waals surface area contributed by atoms with Crippen LogP contribution in [0.2, 0.25) is 0 Å². The van der Waals surface area contributed by atoms with E-state index in [1.807, 2.05) is 38.2 Å². The molecule has 0 bridgehead atoms. The summed E-state index contributed by atoms with van der Waals surface area (Å²) in [5.41, 5.74) is 2.12. The van der Waals surface area contributed by atoms with Crippen molar-refractivity contribution in [3.05, 3.63) is 36.1 Å². The first-order valence-electron chi connectivity index (χ1n) is 6.90. The first-order valence-corrected chi connectivity index (χ1v) is 8.00. The lowest BCUT2D eigenvalue weighted by atomic mass is 10.1. The maximum Gasteiger partial charge on any atom is 0.137 e. The largest absolute Gasteiger partial charge is 0.598 e. The fourth-order valence-corrected chi connectivity index (χ4v) is 3.46. The number of nitrogens with zero attached hydrogens (tertiary/aromatic N) is 1. The first-order chi connectivity index (χ1) is 9.29. The average Bonchev–Trinajstić information content (AvgIpc) is 2.83. The van der Waals surface area contributed by atoms with Gasteiger partial charge in [0.1, 0.15) is 10.3 Å². The second kappa shape index (κ2) is 5.80. The Morgan fingerprint density at radius 1 is 1.30 bits per heavy atom. The van der Waals surface area contributed by atoms with Crippen molar-refractivity contribution < 1.29 is 8.97 Å². The standard InChI is InChI=1S/C16H23NO2S/c1-12(17(5)20(18)16(2,3)4)10-13-6-7-14-8-9-19-15(14)11-13/h6-9,11-12H,10H2,1-5H3/t12?,20-/m1/s1. The Kier molecular flexibility index (Phi) is 4.47. The molecule has 1 aromatic heterocycles. The zero-order valence-electron chi connectivity index (χ0n) is 12.8. The van der Waals surface area contributed by atoms with E-state index < -0.39 is 11.4 Å². The van der Waals surface area contributed by atoms with E-state index in [0.29, 0.717) is 0 Å². The van der Waals surface area contributed by atoms with E-state index >= 15 is 0 Å². The summed E-state index contributed by atoms with van der Waals surface area (Å²) in [6.07, 6.45) is 2.56. The predicted molar refractivity (Wildman–Crippen MR) is 85.0 cm³/mol. The number of fused-ring (bicyclic) bond motifs is 1. The van der Waals surface area contributed by atoms with Crippen LogP contribution >= 0.6 is 0 Å². The Morgan fingerprint density at radius 2 is 2.00 bits per heavy atom. The highest BCUT2D eigenvalue weighted by atomic mass is 32.2. The second-order valence-electron chi connectivity index (χ2n) is 6.25. The Labute approximate surface area is 124 Å². The molecule has 2 rings (SSSR count). The average molecular weight is 293 g/mol. The summed E-state index contributed by atoms with van der Waals surface area (Å²) < 4.78 is 19.5. The van der Waals surface area contributed by atoms with Crippen molar-refractivity contribution in [1.82, 2.24) is 4.31 Å². The summed E-state index contributed by atoms with van der Waals surface area (Å²) in [5, 5.41) is 1.12. The van der Waals surface area contributed by atoms with Gasteiger partial charge in [-0.25, -0.2) is 0 Å². The van der Waals surface area contributed by atoms with Gasteiger partial charge in [-0.1, -0.05) is 12.1 Å². The molecule has 0 saturated heterocycles. The summed E-state index contributed by atoms with van der Waals surface area (Å²) >= 11 is -0.995. The Balaban J connectivity index is 2.08. The quantitative estimate of drug-likeness (QED) is 0.806. The molecule has 1 unspecified atom stereocenters. The van der Waals surface area contributed by atoms with Crippen molar-refractivity contribution >= 4 is 22.3 Å². The van der Waals surface area contributed by atoms with Crippen LogP contribution in [0.4, 0.5) is 0 Å². The molecule has 0 radical (unpaired) electrons. The van der Waals surface area contributed by atoms with Crippen LogP contribution in [0.1, 0.15) is 33.3 Å². The van der Waals surface area contributed by atoms with Gasteiger partial charge in [0.15, 0.2) is 0 Å². The fraction of sp³-hybridized carbons (Fsp3) is 0.500. The van der Waals surface area contributed by atoms with Crippen molar-refractivity contribution in [1.29, 1.82) is 0 Å². The van der Waals surface area contributed by atoms with E-state index in [4.69, 9.17) is 4.42 Å². The van der Waals surface area contributed by atoms with Crippen LogP contribution in [-0.4, -0.2) is 26.7 Å². The van der Waals surface area contributed by atoms with E-state index in [1.54, 1.807) is 6.26 Å². The van der Waals surface area contributed by atoms with E-state index in [2.05, 4.69) is 25.1 Å². The van der Waals surface area contributed by atoms with Gasteiger partial charge in [0, 0.05) is 23.8 Å². The monoisotopic (exact) mass is 293 g/mol. The topological polar surface area (TPSA) is 39.4 Å². The molecular formula is C16H23NO2S. The van der Waals surface area contributed by atoms with Gasteiger partial charge in [-0.2, -0.15) is 0 Å². The summed E-state index contributed by atoms with van der Waals surface area (Å²) in [6, 6.07) is 8.43. The summed E-state index contributed by atoms with van der Waals surface area (Å²) in [7, 11) is 1.93. The van der Waals surface area contributed by atoms with E-state index in [-0.39, 0.29) is 10.8 Å². The second-order valence-corrected chi connectivity index (χ2v) is 8.55. The van der Waals surface area contributed by atoms with E-state index in [0.717, 1.165) is 17.4 Å². The van der Waals surface area contributed by atoms with E-state index in [9.17, 15) is 4.55 Å². The third-order valence-electron chi connectivity index (χ3n) is 3.46. The van der Waals surface area contributed by atoms with Crippen molar-refractivity contribution in [2.45, 2.75) is 44.9 Å². The first kappa shape index (κ1) is 15.4. The fourth-order valence-electron chi connectivity index (χ4n) is 2.19. The molecule has 2 atom stereocenters. The van der Waals surface area contributed by atoms with Crippen molar-refractivity contribution in [2.75, 3.05) is 7.05 Å². The normalized spacial score (nSPS) is 15.8. The van der Waals surface area contributed by atoms with Crippen LogP contribution in [0.5, 0.6) is 0 Å². The molecule has 0 spiro atoms. The van der Waals surface area contributed by atoms with Crippen LogP contribution in [0, 0.1) is 0 Å². The van der Waals surface area contributed by atoms with Gasteiger partial charge in [-0.15, -0.1) is 4.31 Å². The molecule has 0 aliphatic carbocycles. The van der Waals surface area contributed by atoms with Gasteiger partial charge in [-0.3, -0.25) is 0 Å². The van der Waals surface area contributed by atoms with Gasteiger partial charge in [-0.05, 0) is 51.8 Å². The van der Waals surface area contributed by atoms with Crippen molar-refractivity contribution in [3.63, 3.8) is 0 Å². The van der Waals surface area contributed by atoms with Crippen LogP contribution in [0.25, 0.3) is 11.0 Å². The number of likely N-dealkylation sites (N-methyl/N-ethyl adjacent to an activating group) is 1. The van der Waals surface area contributed by atoms with E-state index in [1.165, 1.54) is 5.56 Å². The zero-order chi connectivity index (χ0) is 14.9. The lowest BCUT2D eigenvalue weighted by Gasteiger charge is -2.33. The molecule has 1 aromatic carbocycles. The minimum Gasteiger partial charge on any atom is -0.598 e. The highest BCUT2D eigenvalue weighted by Gasteiger charge is 2.33. The van der Waals surface area contributed by atoms with Crippen LogP contribution in [0.3, 0.4) is 0 Å². The highest BCUT2D eigenvalue weighted by Crippen LogP contribution is 2.23. The molecule has 110 valence electrons. The van der Waals surface area contributed by atoms with Crippen LogP contribution in [0.15, 0.2) is 34.9 Å². The SMILES string of the molecule is CC(Cc1ccc2ccoc2c1)N(C)[S@+]([O-])C(C)(C)C. The third-order valence-corrected chi connectivity index (χ3v) is 5.39. The lowest BCUT2D eigenvalue weighted by Crippen LogP contribution is -2.45. The maximum absolute atomic E-state index is 12.4. The highest BCUT2D eigenvalue weighted by molar-refractivity contribution is 7.90. The Bertz CT molecular complexity index is 573. The number of furan rings is 1. The molecule has 0 N–H and O–H groups in total. The molecule has 0 aliphatic heterocycles. The molecule has 20 heavy (non-hydrogen) atoms. The Hall–Kier alpha value is -0.970. The summed E-state index contributed by atoms with van der Waals surface area (Å²) in [6.45, 7) is 8.11. The summed E-state index contributed by atoms with van der Waals surface area (Å²) in [5.74, 6) is 0. The van der Waals surface area contributed by atoms with Crippen LogP contribution < -0.4 is 0 Å². The third kappa shape index (κ3) is 3.37. The number of hydrogen-bond donors (Lipinski definition) is 0. The molecule has 1 heterocycles. The molecule has 4 heteroatoms. The van der Waals surface area contributed by atoms with Gasteiger partial charge in [0.05, 0.1) is 12.3 Å². The van der Waals surface area contributed by atoms with Gasteiger partial charge >= 0.3 is 0 Å². The molecular weight excluding hydrogens is 270 g/mol. The predicted octanol–water partition coefficient (Wildman–Crippen LogP) is 3.76. The van der Waals surface area contributed by atoms with Gasteiger partial charge in [0.2, 0.25) is 0 Å². The molecule has 2 aromatic rings. The van der Waals surface area contributed by atoms with Crippen molar-refractivity contribution in [2.24, 2.45) is 0 Å². The lowest BCUT2D eigenvalue weighted by molar-refractivity contribution is 0.372. The number of rotatable bonds is 4. The Morgan fingerprint density at radius 3 is 2.65 bits per heavy atom. The molecule has 3 nitrogen and oxygen atoms in total. The van der Waals surface area contributed by atoms with Crippen LogP contribution in [-0.2, 0) is 17.8 Å². The number of benzene rings is 1. The summed E-state index contributed by atoms with van der Waals surface area (Å²) in [4.78, 5) is 0. The minimum absolute atomic E-state index is 0.211. The van der Waals surface area contributed by atoms with Crippen molar-refractivity contribution in [3.8, 4) is 0 Å². The smallest absolute Gasteiger partial charge is 0.137 e.